The molecular formula is C9H10BrIO3. The van der Waals surface area contributed by atoms with Crippen molar-refractivity contribution in [3.8, 4) is 17.2 Å². The molecule has 1 rings (SSSR count). The van der Waals surface area contributed by atoms with Gasteiger partial charge in [-0.3, -0.25) is 0 Å². The van der Waals surface area contributed by atoms with Crippen LogP contribution < -0.4 is 14.2 Å². The van der Waals surface area contributed by atoms with Crippen molar-refractivity contribution in [1.82, 2.24) is 0 Å². The third-order valence-electron chi connectivity index (χ3n) is 1.74. The molecule has 14 heavy (non-hydrogen) atoms. The highest BCUT2D eigenvalue weighted by Crippen LogP contribution is 2.43. The first-order chi connectivity index (χ1) is 6.65. The zero-order valence-electron chi connectivity index (χ0n) is 8.06. The van der Waals surface area contributed by atoms with Crippen LogP contribution in [0.5, 0.6) is 17.2 Å². The summed E-state index contributed by atoms with van der Waals surface area (Å²) in [5, 5.41) is 0. The van der Waals surface area contributed by atoms with Crippen LogP contribution in [0.15, 0.2) is 10.5 Å². The van der Waals surface area contributed by atoms with Crippen molar-refractivity contribution in [2.75, 3.05) is 21.3 Å². The maximum Gasteiger partial charge on any atom is 0.153 e. The number of benzene rings is 1. The van der Waals surface area contributed by atoms with Crippen molar-refractivity contribution in [1.29, 1.82) is 0 Å². The molecule has 0 bridgehead atoms. The smallest absolute Gasteiger partial charge is 0.153 e. The molecule has 0 atom stereocenters. The van der Waals surface area contributed by atoms with Gasteiger partial charge in [-0.2, -0.15) is 0 Å². The summed E-state index contributed by atoms with van der Waals surface area (Å²) in [6, 6.07) is 1.81. The van der Waals surface area contributed by atoms with E-state index >= 15 is 0 Å². The molecule has 1 aromatic rings. The molecule has 0 aromatic heterocycles. The zero-order valence-corrected chi connectivity index (χ0v) is 11.8. The fourth-order valence-corrected chi connectivity index (χ4v) is 2.92. The molecule has 0 aliphatic heterocycles. The van der Waals surface area contributed by atoms with Gasteiger partial charge in [-0.25, -0.2) is 0 Å². The maximum absolute atomic E-state index is 5.25. The number of rotatable bonds is 3. The van der Waals surface area contributed by atoms with E-state index in [0.29, 0.717) is 5.75 Å². The van der Waals surface area contributed by atoms with E-state index in [1.165, 1.54) is 0 Å². The average Bonchev–Trinajstić information content (AvgIpc) is 2.19. The van der Waals surface area contributed by atoms with Gasteiger partial charge in [0.1, 0.15) is 16.0 Å². The average molecular weight is 373 g/mol. The Balaban J connectivity index is 3.39. The standard InChI is InChI=1S/C9H10BrIO3/c1-12-5-4-6(13-2)8(11)9(14-3)7(5)10/h4H,1-3H3. The lowest BCUT2D eigenvalue weighted by atomic mass is 10.3. The van der Waals surface area contributed by atoms with Crippen LogP contribution in [0, 0.1) is 3.57 Å². The molecule has 78 valence electrons. The Morgan fingerprint density at radius 2 is 1.64 bits per heavy atom. The monoisotopic (exact) mass is 372 g/mol. The Labute approximate surface area is 105 Å². The molecule has 0 unspecified atom stereocenters. The van der Waals surface area contributed by atoms with Gasteiger partial charge in [0.25, 0.3) is 0 Å². The van der Waals surface area contributed by atoms with E-state index in [9.17, 15) is 0 Å². The Hall–Kier alpha value is -0.170. The number of ether oxygens (including phenoxy) is 3. The third-order valence-corrected chi connectivity index (χ3v) is 3.51. The summed E-state index contributed by atoms with van der Waals surface area (Å²) in [6.07, 6.45) is 0. The minimum absolute atomic E-state index is 0.694. The molecule has 0 saturated carbocycles. The molecule has 3 nitrogen and oxygen atoms in total. The van der Waals surface area contributed by atoms with E-state index in [1.54, 1.807) is 21.3 Å². The normalized spacial score (nSPS) is 9.79. The van der Waals surface area contributed by atoms with E-state index in [0.717, 1.165) is 19.5 Å². The van der Waals surface area contributed by atoms with Gasteiger partial charge in [0.05, 0.1) is 24.9 Å². The zero-order chi connectivity index (χ0) is 10.7. The summed E-state index contributed by atoms with van der Waals surface area (Å²) in [6.45, 7) is 0. The van der Waals surface area contributed by atoms with Gasteiger partial charge in [-0.15, -0.1) is 0 Å². The molecule has 0 aliphatic carbocycles. The first-order valence-electron chi connectivity index (χ1n) is 3.79. The Morgan fingerprint density at radius 1 is 1.07 bits per heavy atom. The van der Waals surface area contributed by atoms with Crippen molar-refractivity contribution < 1.29 is 14.2 Å². The Kier molecular flexibility index (Phi) is 4.31. The van der Waals surface area contributed by atoms with Gasteiger partial charge < -0.3 is 14.2 Å². The highest BCUT2D eigenvalue weighted by molar-refractivity contribution is 14.1. The SMILES string of the molecule is COc1cc(OC)c(I)c(OC)c1Br. The summed E-state index contributed by atoms with van der Waals surface area (Å²) in [5.74, 6) is 2.16. The molecule has 1 aromatic carbocycles. The topological polar surface area (TPSA) is 27.7 Å². The van der Waals surface area contributed by atoms with Gasteiger partial charge in [-0.1, -0.05) is 0 Å². The predicted molar refractivity (Wildman–Crippen MR) is 66.5 cm³/mol. The molecule has 5 heteroatoms. The van der Waals surface area contributed by atoms with Crippen LogP contribution in [0.1, 0.15) is 0 Å². The van der Waals surface area contributed by atoms with E-state index < -0.39 is 0 Å². The van der Waals surface area contributed by atoms with Crippen LogP contribution in [-0.2, 0) is 0 Å². The van der Waals surface area contributed by atoms with Crippen molar-refractivity contribution in [3.63, 3.8) is 0 Å². The number of methoxy groups -OCH3 is 3. The maximum atomic E-state index is 5.25. The van der Waals surface area contributed by atoms with Crippen LogP contribution in [-0.4, -0.2) is 21.3 Å². The van der Waals surface area contributed by atoms with E-state index in [4.69, 9.17) is 14.2 Å². The first kappa shape index (κ1) is 11.9. The third kappa shape index (κ3) is 2.08. The molecule has 0 radical (unpaired) electrons. The van der Waals surface area contributed by atoms with Crippen LogP contribution in [0.25, 0.3) is 0 Å². The number of halogens is 2. The summed E-state index contributed by atoms with van der Waals surface area (Å²) in [4.78, 5) is 0. The predicted octanol–water partition coefficient (Wildman–Crippen LogP) is 3.08. The Morgan fingerprint density at radius 3 is 2.07 bits per heavy atom. The van der Waals surface area contributed by atoms with E-state index in [-0.39, 0.29) is 0 Å². The van der Waals surface area contributed by atoms with E-state index in [2.05, 4.69) is 38.5 Å². The lowest BCUT2D eigenvalue weighted by Gasteiger charge is -2.13. The Bertz CT molecular complexity index is 313. The van der Waals surface area contributed by atoms with Crippen molar-refractivity contribution in [2.45, 2.75) is 0 Å². The summed E-state index contributed by atoms with van der Waals surface area (Å²) in [5.41, 5.74) is 0. The molecule has 0 aliphatic rings. The molecule has 0 heterocycles. The second kappa shape index (κ2) is 5.06. The van der Waals surface area contributed by atoms with Gasteiger partial charge in [-0.05, 0) is 38.5 Å². The fourth-order valence-electron chi connectivity index (χ4n) is 1.04. The minimum Gasteiger partial charge on any atom is -0.495 e. The quantitative estimate of drug-likeness (QED) is 0.763. The lowest BCUT2D eigenvalue weighted by Crippen LogP contribution is -1.96. The molecule has 0 fully saturated rings. The molecule has 0 spiro atoms. The summed E-state index contributed by atoms with van der Waals surface area (Å²) in [7, 11) is 4.83. The van der Waals surface area contributed by atoms with Gasteiger partial charge in [0.2, 0.25) is 0 Å². The molecule has 0 N–H and O–H groups in total. The van der Waals surface area contributed by atoms with Crippen LogP contribution in [0.2, 0.25) is 0 Å². The van der Waals surface area contributed by atoms with Gasteiger partial charge in [0, 0.05) is 6.07 Å². The second-order valence-electron chi connectivity index (χ2n) is 2.44. The van der Waals surface area contributed by atoms with Gasteiger partial charge >= 0.3 is 0 Å². The van der Waals surface area contributed by atoms with Crippen LogP contribution in [0.4, 0.5) is 0 Å². The molecule has 0 amide bonds. The van der Waals surface area contributed by atoms with Crippen LogP contribution in [0.3, 0.4) is 0 Å². The summed E-state index contributed by atoms with van der Waals surface area (Å²) < 4.78 is 17.3. The first-order valence-corrected chi connectivity index (χ1v) is 5.66. The number of hydrogen-bond donors (Lipinski definition) is 0. The number of hydrogen-bond acceptors (Lipinski definition) is 3. The van der Waals surface area contributed by atoms with Gasteiger partial charge in [0.15, 0.2) is 5.75 Å². The van der Waals surface area contributed by atoms with Crippen LogP contribution >= 0.6 is 38.5 Å². The summed E-state index contributed by atoms with van der Waals surface area (Å²) >= 11 is 5.57. The highest BCUT2D eigenvalue weighted by atomic mass is 127. The van der Waals surface area contributed by atoms with Crippen molar-refractivity contribution >= 4 is 38.5 Å². The fraction of sp³-hybridized carbons (Fsp3) is 0.333. The minimum atomic E-state index is 0.694. The van der Waals surface area contributed by atoms with Crippen molar-refractivity contribution in [3.05, 3.63) is 14.1 Å². The lowest BCUT2D eigenvalue weighted by molar-refractivity contribution is 0.368. The van der Waals surface area contributed by atoms with Crippen molar-refractivity contribution in [2.24, 2.45) is 0 Å². The van der Waals surface area contributed by atoms with E-state index in [1.807, 2.05) is 6.07 Å². The molecule has 0 saturated heterocycles. The molecular weight excluding hydrogens is 363 g/mol. The second-order valence-corrected chi connectivity index (χ2v) is 4.31. The largest absolute Gasteiger partial charge is 0.495 e. The highest BCUT2D eigenvalue weighted by Gasteiger charge is 2.16.